The van der Waals surface area contributed by atoms with Crippen LogP contribution in [-0.2, 0) is 9.59 Å². The van der Waals surface area contributed by atoms with E-state index in [2.05, 4.69) is 10.6 Å². The Hall–Kier alpha value is -1.98. The normalized spacial score (nSPS) is 21.8. The van der Waals surface area contributed by atoms with Crippen LogP contribution in [-0.4, -0.2) is 17.9 Å². The Kier molecular flexibility index (Phi) is 6.29. The van der Waals surface area contributed by atoms with Gasteiger partial charge in [0.25, 0.3) is 0 Å². The summed E-state index contributed by atoms with van der Waals surface area (Å²) in [5.41, 5.74) is -0.404. The molecule has 2 amide bonds. The van der Waals surface area contributed by atoms with E-state index in [9.17, 15) is 18.4 Å². The molecule has 2 rings (SSSR count). The molecule has 1 unspecified atom stereocenters. The topological polar surface area (TPSA) is 58.2 Å². The van der Waals surface area contributed by atoms with E-state index in [4.69, 9.17) is 0 Å². The molecule has 1 aliphatic rings. The Balaban J connectivity index is 1.88. The SMILES string of the molecule is CCC(C)NC(=O)C1CCC(C(=O)Nc2c(F)cccc2F)CC1. The van der Waals surface area contributed by atoms with Gasteiger partial charge in [0.15, 0.2) is 0 Å². The van der Waals surface area contributed by atoms with Gasteiger partial charge < -0.3 is 10.6 Å². The highest BCUT2D eigenvalue weighted by atomic mass is 19.1. The monoisotopic (exact) mass is 338 g/mol. The number of para-hydroxylation sites is 1. The van der Waals surface area contributed by atoms with Crippen LogP contribution >= 0.6 is 0 Å². The van der Waals surface area contributed by atoms with Gasteiger partial charge in [-0.15, -0.1) is 0 Å². The zero-order valence-electron chi connectivity index (χ0n) is 14.1. The molecule has 0 aromatic heterocycles. The summed E-state index contributed by atoms with van der Waals surface area (Å²) in [6, 6.07) is 3.60. The highest BCUT2D eigenvalue weighted by molar-refractivity contribution is 5.93. The second-order valence-corrected chi connectivity index (χ2v) is 6.45. The molecule has 0 spiro atoms. The Morgan fingerprint density at radius 2 is 1.58 bits per heavy atom. The third-order valence-corrected chi connectivity index (χ3v) is 4.68. The Bertz CT molecular complexity index is 578. The third kappa shape index (κ3) is 4.52. The lowest BCUT2D eigenvalue weighted by atomic mass is 9.81. The van der Waals surface area contributed by atoms with E-state index >= 15 is 0 Å². The third-order valence-electron chi connectivity index (χ3n) is 4.68. The van der Waals surface area contributed by atoms with Gasteiger partial charge in [0.1, 0.15) is 17.3 Å². The largest absolute Gasteiger partial charge is 0.353 e. The number of hydrogen-bond acceptors (Lipinski definition) is 2. The van der Waals surface area contributed by atoms with Crippen molar-refractivity contribution in [1.29, 1.82) is 0 Å². The number of carbonyl (C=O) groups is 2. The fourth-order valence-electron chi connectivity index (χ4n) is 2.92. The lowest BCUT2D eigenvalue weighted by molar-refractivity contribution is -0.129. The Labute approximate surface area is 141 Å². The average molecular weight is 338 g/mol. The highest BCUT2D eigenvalue weighted by Gasteiger charge is 2.30. The van der Waals surface area contributed by atoms with E-state index in [1.54, 1.807) is 0 Å². The molecule has 0 radical (unpaired) electrons. The van der Waals surface area contributed by atoms with Crippen molar-refractivity contribution < 1.29 is 18.4 Å². The second-order valence-electron chi connectivity index (χ2n) is 6.45. The van der Waals surface area contributed by atoms with Gasteiger partial charge in [-0.25, -0.2) is 8.78 Å². The summed E-state index contributed by atoms with van der Waals surface area (Å²) in [7, 11) is 0. The molecule has 1 fully saturated rings. The molecule has 1 aromatic carbocycles. The molecule has 24 heavy (non-hydrogen) atoms. The van der Waals surface area contributed by atoms with Crippen molar-refractivity contribution >= 4 is 17.5 Å². The molecule has 1 saturated carbocycles. The second kappa shape index (κ2) is 8.22. The molecule has 0 saturated heterocycles. The van der Waals surface area contributed by atoms with Crippen LogP contribution in [0.1, 0.15) is 46.0 Å². The molecule has 132 valence electrons. The van der Waals surface area contributed by atoms with Gasteiger partial charge in [-0.05, 0) is 51.2 Å². The maximum atomic E-state index is 13.6. The van der Waals surface area contributed by atoms with Gasteiger partial charge in [-0.1, -0.05) is 13.0 Å². The van der Waals surface area contributed by atoms with Crippen LogP contribution in [0.2, 0.25) is 0 Å². The van der Waals surface area contributed by atoms with Crippen molar-refractivity contribution in [3.05, 3.63) is 29.8 Å². The number of anilines is 1. The van der Waals surface area contributed by atoms with Crippen molar-refractivity contribution in [2.45, 2.75) is 52.0 Å². The summed E-state index contributed by atoms with van der Waals surface area (Å²) in [5.74, 6) is -2.34. The quantitative estimate of drug-likeness (QED) is 0.861. The first-order valence-electron chi connectivity index (χ1n) is 8.47. The molecule has 0 aliphatic heterocycles. The molecule has 4 nitrogen and oxygen atoms in total. The van der Waals surface area contributed by atoms with Gasteiger partial charge in [0.2, 0.25) is 11.8 Å². The minimum Gasteiger partial charge on any atom is -0.353 e. The zero-order valence-corrected chi connectivity index (χ0v) is 14.1. The maximum Gasteiger partial charge on any atom is 0.227 e. The van der Waals surface area contributed by atoms with Crippen molar-refractivity contribution in [2.75, 3.05) is 5.32 Å². The van der Waals surface area contributed by atoms with Crippen LogP contribution in [0.4, 0.5) is 14.5 Å². The first-order chi connectivity index (χ1) is 11.4. The fraction of sp³-hybridized carbons (Fsp3) is 0.556. The lowest BCUT2D eigenvalue weighted by Gasteiger charge is -2.28. The van der Waals surface area contributed by atoms with Crippen molar-refractivity contribution in [3.63, 3.8) is 0 Å². The first-order valence-corrected chi connectivity index (χ1v) is 8.47. The summed E-state index contributed by atoms with van der Waals surface area (Å²) in [4.78, 5) is 24.3. The Morgan fingerprint density at radius 1 is 1.08 bits per heavy atom. The van der Waals surface area contributed by atoms with Gasteiger partial charge in [-0.3, -0.25) is 9.59 Å². The molecule has 1 aliphatic carbocycles. The lowest BCUT2D eigenvalue weighted by Crippen LogP contribution is -2.39. The molecule has 0 heterocycles. The van der Waals surface area contributed by atoms with E-state index in [0.717, 1.165) is 18.6 Å². The standard InChI is InChI=1S/C18H24F2N2O2/c1-3-11(2)21-17(23)12-7-9-13(10-8-12)18(24)22-16-14(19)5-4-6-15(16)20/h4-6,11-13H,3,7-10H2,1-2H3,(H,21,23)(H,22,24). The van der Waals surface area contributed by atoms with Gasteiger partial charge in [0, 0.05) is 17.9 Å². The van der Waals surface area contributed by atoms with Crippen LogP contribution in [0.5, 0.6) is 0 Å². The molecule has 1 aromatic rings. The summed E-state index contributed by atoms with van der Waals surface area (Å²) in [6.45, 7) is 3.97. The van der Waals surface area contributed by atoms with Gasteiger partial charge in [-0.2, -0.15) is 0 Å². The minimum atomic E-state index is -0.787. The van der Waals surface area contributed by atoms with Crippen LogP contribution < -0.4 is 10.6 Å². The van der Waals surface area contributed by atoms with Gasteiger partial charge in [0.05, 0.1) is 0 Å². The zero-order chi connectivity index (χ0) is 17.7. The first kappa shape index (κ1) is 18.4. The number of nitrogens with one attached hydrogen (secondary N) is 2. The highest BCUT2D eigenvalue weighted by Crippen LogP contribution is 2.30. The van der Waals surface area contributed by atoms with Crippen LogP contribution in [0.15, 0.2) is 18.2 Å². The number of amides is 2. The molecule has 0 bridgehead atoms. The van der Waals surface area contributed by atoms with E-state index in [1.807, 2.05) is 13.8 Å². The number of carbonyl (C=O) groups excluding carboxylic acids is 2. The molecular formula is C18H24F2N2O2. The van der Waals surface area contributed by atoms with Crippen LogP contribution in [0.25, 0.3) is 0 Å². The summed E-state index contributed by atoms with van der Waals surface area (Å²) in [5, 5.41) is 5.30. The van der Waals surface area contributed by atoms with Crippen molar-refractivity contribution in [3.8, 4) is 0 Å². The fourth-order valence-corrected chi connectivity index (χ4v) is 2.92. The predicted molar refractivity (Wildman–Crippen MR) is 88.3 cm³/mol. The molecular weight excluding hydrogens is 314 g/mol. The van der Waals surface area contributed by atoms with E-state index in [-0.39, 0.29) is 29.7 Å². The minimum absolute atomic E-state index is 0.0309. The summed E-state index contributed by atoms with van der Waals surface area (Å²) in [6.07, 6.45) is 3.18. The van der Waals surface area contributed by atoms with Crippen LogP contribution in [0.3, 0.4) is 0 Å². The molecule has 2 N–H and O–H groups in total. The average Bonchev–Trinajstić information content (AvgIpc) is 2.58. The molecule has 1 atom stereocenters. The molecule has 6 heteroatoms. The summed E-state index contributed by atoms with van der Waals surface area (Å²) >= 11 is 0. The van der Waals surface area contributed by atoms with Gasteiger partial charge >= 0.3 is 0 Å². The maximum absolute atomic E-state index is 13.6. The predicted octanol–water partition coefficient (Wildman–Crippen LogP) is 3.62. The van der Waals surface area contributed by atoms with E-state index in [0.29, 0.717) is 25.7 Å². The number of rotatable bonds is 5. The number of hydrogen-bond donors (Lipinski definition) is 2. The van der Waals surface area contributed by atoms with E-state index < -0.39 is 17.3 Å². The van der Waals surface area contributed by atoms with Crippen molar-refractivity contribution in [1.82, 2.24) is 5.32 Å². The smallest absolute Gasteiger partial charge is 0.227 e. The summed E-state index contributed by atoms with van der Waals surface area (Å²) < 4.78 is 27.2. The number of benzene rings is 1. The van der Waals surface area contributed by atoms with E-state index in [1.165, 1.54) is 6.07 Å². The van der Waals surface area contributed by atoms with Crippen LogP contribution in [0, 0.1) is 23.5 Å². The number of halogens is 2. The Morgan fingerprint density at radius 3 is 2.08 bits per heavy atom. The van der Waals surface area contributed by atoms with Crippen molar-refractivity contribution in [2.24, 2.45) is 11.8 Å².